The van der Waals surface area contributed by atoms with E-state index in [-0.39, 0.29) is 11.7 Å². The molecule has 1 saturated heterocycles. The second kappa shape index (κ2) is 6.62. The predicted molar refractivity (Wildman–Crippen MR) is 87.2 cm³/mol. The Labute approximate surface area is 139 Å². The van der Waals surface area contributed by atoms with E-state index < -0.39 is 15.8 Å². The van der Waals surface area contributed by atoms with Crippen LogP contribution >= 0.6 is 11.3 Å². The van der Waals surface area contributed by atoms with Gasteiger partial charge in [0.15, 0.2) is 0 Å². The molecule has 0 N–H and O–H groups in total. The highest BCUT2D eigenvalue weighted by Gasteiger charge is 2.31. The van der Waals surface area contributed by atoms with Crippen molar-refractivity contribution in [1.29, 1.82) is 0 Å². The van der Waals surface area contributed by atoms with E-state index in [1.54, 1.807) is 6.07 Å². The number of sulfonamides is 1. The zero-order valence-corrected chi connectivity index (χ0v) is 14.4. The fourth-order valence-electron chi connectivity index (χ4n) is 2.80. The summed E-state index contributed by atoms with van der Waals surface area (Å²) in [4.78, 5) is 0. The third-order valence-corrected chi connectivity index (χ3v) is 6.72. The van der Waals surface area contributed by atoms with Crippen LogP contribution in [0.1, 0.15) is 34.3 Å². The lowest BCUT2D eigenvalue weighted by molar-refractivity contribution is 0.314. The minimum atomic E-state index is -3.46. The van der Waals surface area contributed by atoms with Crippen LogP contribution in [0.4, 0.5) is 4.39 Å². The molecule has 0 saturated carbocycles. The number of rotatable bonds is 4. The number of halogens is 1. The molecule has 124 valence electrons. The summed E-state index contributed by atoms with van der Waals surface area (Å²) in [5, 5.41) is 9.95. The van der Waals surface area contributed by atoms with Crippen molar-refractivity contribution in [2.45, 2.75) is 31.4 Å². The lowest BCUT2D eigenvalue weighted by Crippen LogP contribution is -2.39. The number of nitrogens with zero attached hydrogens (tertiary/aromatic N) is 3. The molecule has 0 radical (unpaired) electrons. The number of aryl methyl sites for hydroxylation is 1. The van der Waals surface area contributed by atoms with Gasteiger partial charge in [0.2, 0.25) is 10.0 Å². The first kappa shape index (κ1) is 16.5. The first-order valence-corrected chi connectivity index (χ1v) is 9.89. The fraction of sp³-hybridized carbons (Fsp3) is 0.467. The van der Waals surface area contributed by atoms with Gasteiger partial charge in [0.05, 0.1) is 5.75 Å². The number of aromatic nitrogens is 2. The Bertz CT molecular complexity index is 792. The normalized spacial score (nSPS) is 19.8. The molecule has 2 aromatic rings. The average Bonchev–Trinajstić information content (AvgIpc) is 2.94. The van der Waals surface area contributed by atoms with Gasteiger partial charge in [-0.3, -0.25) is 0 Å². The molecular formula is C15H18FN3O2S2. The lowest BCUT2D eigenvalue weighted by atomic mass is 10.0. The number of hydrogen-bond acceptors (Lipinski definition) is 5. The van der Waals surface area contributed by atoms with Crippen molar-refractivity contribution in [3.63, 3.8) is 0 Å². The largest absolute Gasteiger partial charge is 0.218 e. The Morgan fingerprint density at radius 2 is 2.22 bits per heavy atom. The molecule has 0 amide bonds. The van der Waals surface area contributed by atoms with Gasteiger partial charge >= 0.3 is 0 Å². The Hall–Kier alpha value is -1.38. The molecule has 1 aliphatic rings. The smallest absolute Gasteiger partial charge is 0.212 e. The van der Waals surface area contributed by atoms with Crippen LogP contribution in [0, 0.1) is 12.7 Å². The summed E-state index contributed by atoms with van der Waals surface area (Å²) in [6, 6.07) is 5.75. The van der Waals surface area contributed by atoms with E-state index in [1.807, 2.05) is 6.92 Å². The molecule has 1 atom stereocenters. The Morgan fingerprint density at radius 3 is 2.91 bits per heavy atom. The van der Waals surface area contributed by atoms with Gasteiger partial charge in [0, 0.05) is 19.0 Å². The zero-order valence-electron chi connectivity index (χ0n) is 12.8. The van der Waals surface area contributed by atoms with Crippen LogP contribution in [0.5, 0.6) is 0 Å². The third kappa shape index (κ3) is 3.94. The molecule has 0 aliphatic carbocycles. The topological polar surface area (TPSA) is 63.2 Å². The monoisotopic (exact) mass is 355 g/mol. The second-order valence-electron chi connectivity index (χ2n) is 5.74. The van der Waals surface area contributed by atoms with E-state index in [1.165, 1.54) is 33.8 Å². The highest BCUT2D eigenvalue weighted by molar-refractivity contribution is 7.88. The van der Waals surface area contributed by atoms with Crippen LogP contribution in [-0.4, -0.2) is 36.0 Å². The Balaban J connectivity index is 1.74. The van der Waals surface area contributed by atoms with E-state index in [9.17, 15) is 12.8 Å². The van der Waals surface area contributed by atoms with Crippen molar-refractivity contribution in [2.24, 2.45) is 0 Å². The third-order valence-electron chi connectivity index (χ3n) is 3.91. The van der Waals surface area contributed by atoms with Crippen molar-refractivity contribution in [2.75, 3.05) is 13.1 Å². The molecule has 1 aliphatic heterocycles. The van der Waals surface area contributed by atoms with Crippen LogP contribution in [0.25, 0.3) is 0 Å². The molecule has 2 heterocycles. The number of hydrogen-bond donors (Lipinski definition) is 0. The SMILES string of the molecule is Cc1nnc([C@@H]2CCCN(S(=O)(=O)Cc3cccc(F)c3)C2)s1. The maximum absolute atomic E-state index is 13.2. The van der Waals surface area contributed by atoms with Gasteiger partial charge in [0.1, 0.15) is 15.8 Å². The van der Waals surface area contributed by atoms with Gasteiger partial charge in [0.25, 0.3) is 0 Å². The molecule has 5 nitrogen and oxygen atoms in total. The first-order chi connectivity index (χ1) is 10.9. The Kier molecular flexibility index (Phi) is 4.74. The molecular weight excluding hydrogens is 337 g/mol. The van der Waals surface area contributed by atoms with Crippen LogP contribution in [0.15, 0.2) is 24.3 Å². The van der Waals surface area contributed by atoms with E-state index in [2.05, 4.69) is 10.2 Å². The van der Waals surface area contributed by atoms with E-state index >= 15 is 0 Å². The fourth-order valence-corrected chi connectivity index (χ4v) is 5.22. The van der Waals surface area contributed by atoms with Crippen molar-refractivity contribution in [1.82, 2.24) is 14.5 Å². The Morgan fingerprint density at radius 1 is 1.39 bits per heavy atom. The lowest BCUT2D eigenvalue weighted by Gasteiger charge is -2.30. The van der Waals surface area contributed by atoms with Gasteiger partial charge in [-0.1, -0.05) is 12.1 Å². The molecule has 1 aromatic carbocycles. The number of piperidine rings is 1. The molecule has 0 spiro atoms. The summed E-state index contributed by atoms with van der Waals surface area (Å²) < 4.78 is 40.0. The second-order valence-corrected chi connectivity index (χ2v) is 8.92. The minimum absolute atomic E-state index is 0.0947. The molecule has 8 heteroatoms. The van der Waals surface area contributed by atoms with Crippen molar-refractivity contribution in [3.05, 3.63) is 45.7 Å². The van der Waals surface area contributed by atoms with Crippen molar-refractivity contribution >= 4 is 21.4 Å². The average molecular weight is 355 g/mol. The van der Waals surface area contributed by atoms with Crippen molar-refractivity contribution in [3.8, 4) is 0 Å². The summed E-state index contributed by atoms with van der Waals surface area (Å²) in [5.74, 6) is -0.497. The molecule has 23 heavy (non-hydrogen) atoms. The minimum Gasteiger partial charge on any atom is -0.212 e. The predicted octanol–water partition coefficient (Wildman–Crippen LogP) is 2.70. The van der Waals surface area contributed by atoms with Gasteiger partial charge in [-0.15, -0.1) is 21.5 Å². The summed E-state index contributed by atoms with van der Waals surface area (Å²) in [7, 11) is -3.46. The maximum Gasteiger partial charge on any atom is 0.218 e. The summed E-state index contributed by atoms with van der Waals surface area (Å²) in [6.07, 6.45) is 1.71. The first-order valence-electron chi connectivity index (χ1n) is 7.46. The molecule has 1 fully saturated rings. The van der Waals surface area contributed by atoms with E-state index in [0.717, 1.165) is 22.9 Å². The highest BCUT2D eigenvalue weighted by Crippen LogP contribution is 2.30. The van der Waals surface area contributed by atoms with Crippen molar-refractivity contribution < 1.29 is 12.8 Å². The van der Waals surface area contributed by atoms with E-state index in [0.29, 0.717) is 18.7 Å². The van der Waals surface area contributed by atoms with Gasteiger partial charge in [-0.05, 0) is 37.5 Å². The summed E-state index contributed by atoms with van der Waals surface area (Å²) in [6.45, 7) is 2.82. The van der Waals surface area contributed by atoms with Crippen LogP contribution in [0.2, 0.25) is 0 Å². The van der Waals surface area contributed by atoms with Crippen LogP contribution in [-0.2, 0) is 15.8 Å². The van der Waals surface area contributed by atoms with Gasteiger partial charge in [-0.25, -0.2) is 17.1 Å². The molecule has 0 unspecified atom stereocenters. The van der Waals surface area contributed by atoms with Crippen LogP contribution in [0.3, 0.4) is 0 Å². The molecule has 3 rings (SSSR count). The zero-order chi connectivity index (χ0) is 16.4. The van der Waals surface area contributed by atoms with E-state index in [4.69, 9.17) is 0 Å². The van der Waals surface area contributed by atoms with Gasteiger partial charge < -0.3 is 0 Å². The summed E-state index contributed by atoms with van der Waals surface area (Å²) >= 11 is 1.52. The number of benzene rings is 1. The van der Waals surface area contributed by atoms with Gasteiger partial charge in [-0.2, -0.15) is 0 Å². The molecule has 0 bridgehead atoms. The quantitative estimate of drug-likeness (QED) is 0.846. The molecule has 1 aromatic heterocycles. The highest BCUT2D eigenvalue weighted by atomic mass is 32.2. The summed E-state index contributed by atoms with van der Waals surface area (Å²) in [5.41, 5.74) is 0.471. The standard InChI is InChI=1S/C15H18FN3O2S2/c1-11-17-18-15(22-11)13-5-3-7-19(9-13)23(20,21)10-12-4-2-6-14(16)8-12/h2,4,6,8,13H,3,5,7,9-10H2,1H3/t13-/m1/s1. The van der Waals surface area contributed by atoms with Crippen LogP contribution < -0.4 is 0 Å². The maximum atomic E-state index is 13.2.